The summed E-state index contributed by atoms with van der Waals surface area (Å²) in [6, 6.07) is 14.5. The van der Waals surface area contributed by atoms with Crippen LogP contribution in [0.2, 0.25) is 0 Å². The van der Waals surface area contributed by atoms with Gasteiger partial charge in [0.25, 0.3) is 0 Å². The van der Waals surface area contributed by atoms with Crippen molar-refractivity contribution in [3.05, 3.63) is 71.8 Å². The van der Waals surface area contributed by atoms with E-state index in [0.717, 1.165) is 35.7 Å². The molecule has 0 spiro atoms. The van der Waals surface area contributed by atoms with Gasteiger partial charge in [-0.25, -0.2) is 9.13 Å². The maximum atomic E-state index is 13.8. The second-order valence-electron chi connectivity index (χ2n) is 8.38. The van der Waals surface area contributed by atoms with Crippen LogP contribution in [0.1, 0.15) is 25.0 Å². The predicted molar refractivity (Wildman–Crippen MR) is 143 cm³/mol. The molecule has 0 saturated carbocycles. The summed E-state index contributed by atoms with van der Waals surface area (Å²) in [5.41, 5.74) is 6.06. The summed E-state index contributed by atoms with van der Waals surface area (Å²) in [6.07, 6.45) is -9.19. The van der Waals surface area contributed by atoms with E-state index in [2.05, 4.69) is 0 Å². The SMILES string of the molecule is CCOc1cccc(C(F)(F)F)c1SCn1c(N)[n+](CSc2c(OCC)cccc2C(F)(F)F)c2ccccc21.[Br-]. The number of benzene rings is 3. The average molecular weight is 683 g/mol. The third kappa shape index (κ3) is 7.20. The normalized spacial score (nSPS) is 11.9. The van der Waals surface area contributed by atoms with Gasteiger partial charge >= 0.3 is 18.3 Å². The molecule has 14 heteroatoms. The van der Waals surface area contributed by atoms with Crippen molar-refractivity contribution in [2.24, 2.45) is 0 Å². The highest BCUT2D eigenvalue weighted by Gasteiger charge is 2.37. The van der Waals surface area contributed by atoms with Crippen LogP contribution < -0.4 is 36.8 Å². The van der Waals surface area contributed by atoms with Crippen LogP contribution >= 0.6 is 23.5 Å². The first-order chi connectivity index (χ1) is 19.0. The number of rotatable bonds is 10. The largest absolute Gasteiger partial charge is 1.00 e. The number of alkyl halides is 6. The standard InChI is InChI=1S/C27H25F6N3O2S2.BrH/c1-3-37-21-13-7-9-17(26(28,29)30)23(21)39-15-35-19-11-5-6-12-20(19)36(25(35)34)16-40-24-18(27(31,32)33)10-8-14-22(24)38-4-2;/h5-14,34H,3-4,15-16H2,1-2H3;1H. The van der Waals surface area contributed by atoms with E-state index in [4.69, 9.17) is 15.2 Å². The number of aromatic nitrogens is 2. The van der Waals surface area contributed by atoms with Gasteiger partial charge in [0.15, 0.2) is 0 Å². The van der Waals surface area contributed by atoms with Crippen molar-refractivity contribution in [3.8, 4) is 11.5 Å². The van der Waals surface area contributed by atoms with Crippen molar-refractivity contribution < 1.29 is 57.4 Å². The highest BCUT2D eigenvalue weighted by atomic mass is 79.9. The molecule has 222 valence electrons. The molecule has 0 unspecified atom stereocenters. The molecule has 0 fully saturated rings. The van der Waals surface area contributed by atoms with Gasteiger partial charge in [-0.2, -0.15) is 26.3 Å². The molecule has 41 heavy (non-hydrogen) atoms. The van der Waals surface area contributed by atoms with Crippen LogP contribution in [0.15, 0.2) is 70.5 Å². The first kappa shape index (κ1) is 32.8. The Kier molecular flexibility index (Phi) is 10.8. The molecule has 0 aliphatic carbocycles. The Hall–Kier alpha value is -2.71. The number of fused-ring (bicyclic) bond motifs is 1. The molecule has 0 atom stereocenters. The number of imidazole rings is 1. The first-order valence-electron chi connectivity index (χ1n) is 12.2. The highest BCUT2D eigenvalue weighted by molar-refractivity contribution is 7.98. The molecule has 0 aliphatic heterocycles. The van der Waals surface area contributed by atoms with E-state index >= 15 is 0 Å². The van der Waals surface area contributed by atoms with E-state index in [9.17, 15) is 26.3 Å². The maximum Gasteiger partial charge on any atom is 0.417 e. The fraction of sp³-hybridized carbons (Fsp3) is 0.296. The summed E-state index contributed by atoms with van der Waals surface area (Å²) in [5.74, 6) is 0.383. The zero-order chi connectivity index (χ0) is 29.1. The van der Waals surface area contributed by atoms with Gasteiger partial charge in [-0.3, -0.25) is 5.73 Å². The zero-order valence-corrected chi connectivity index (χ0v) is 25.1. The number of nitrogen functional groups attached to an aromatic ring is 1. The Bertz CT molecular complexity index is 1390. The Morgan fingerprint density at radius 3 is 1.78 bits per heavy atom. The molecule has 0 amide bonds. The summed E-state index contributed by atoms with van der Waals surface area (Å²) in [7, 11) is 0. The van der Waals surface area contributed by atoms with Crippen LogP contribution in [0.3, 0.4) is 0 Å². The summed E-state index contributed by atoms with van der Waals surface area (Å²) in [4.78, 5) is -0.147. The van der Waals surface area contributed by atoms with Gasteiger partial charge in [-0.1, -0.05) is 47.8 Å². The van der Waals surface area contributed by atoms with Crippen LogP contribution in [0.25, 0.3) is 11.0 Å². The molecular weight excluding hydrogens is 656 g/mol. The number of nitrogens with zero attached hydrogens (tertiary/aromatic N) is 2. The van der Waals surface area contributed by atoms with Crippen molar-refractivity contribution in [3.63, 3.8) is 0 Å². The minimum atomic E-state index is -4.60. The van der Waals surface area contributed by atoms with Crippen molar-refractivity contribution in [2.45, 2.75) is 47.7 Å². The van der Waals surface area contributed by atoms with Crippen molar-refractivity contribution in [1.29, 1.82) is 0 Å². The fourth-order valence-corrected chi connectivity index (χ4v) is 6.43. The van der Waals surface area contributed by atoms with Crippen LogP contribution in [0.5, 0.6) is 11.5 Å². The molecule has 0 aliphatic rings. The van der Waals surface area contributed by atoms with Gasteiger partial charge in [0.1, 0.15) is 34.3 Å². The second kappa shape index (κ2) is 13.5. The number of hydrogen-bond acceptors (Lipinski definition) is 5. The van der Waals surface area contributed by atoms with Gasteiger partial charge in [-0.05, 0) is 50.2 Å². The van der Waals surface area contributed by atoms with E-state index in [0.29, 0.717) is 11.0 Å². The molecule has 0 radical (unpaired) electrons. The predicted octanol–water partition coefficient (Wildman–Crippen LogP) is 4.85. The monoisotopic (exact) mass is 681 g/mol. The lowest BCUT2D eigenvalue weighted by molar-refractivity contribution is -0.635. The third-order valence-electron chi connectivity index (χ3n) is 5.86. The van der Waals surface area contributed by atoms with Gasteiger partial charge in [-0.15, -0.1) is 0 Å². The van der Waals surface area contributed by atoms with E-state index < -0.39 is 23.5 Å². The summed E-state index contributed by atoms with van der Waals surface area (Å²) in [6.45, 7) is 3.73. The second-order valence-corrected chi connectivity index (χ2v) is 10.3. The van der Waals surface area contributed by atoms with E-state index in [-0.39, 0.29) is 69.2 Å². The molecular formula is C27H26BrF6N3O2S2. The van der Waals surface area contributed by atoms with E-state index in [1.54, 1.807) is 47.2 Å². The molecule has 1 heterocycles. The van der Waals surface area contributed by atoms with Gasteiger partial charge in [0.2, 0.25) is 0 Å². The molecule has 5 nitrogen and oxygen atoms in total. The first-order valence-corrected chi connectivity index (χ1v) is 14.1. The van der Waals surface area contributed by atoms with Crippen LogP contribution in [0, 0.1) is 0 Å². The maximum absolute atomic E-state index is 13.8. The van der Waals surface area contributed by atoms with Crippen LogP contribution in [0.4, 0.5) is 32.3 Å². The third-order valence-corrected chi connectivity index (χ3v) is 8.05. The zero-order valence-electron chi connectivity index (χ0n) is 21.9. The van der Waals surface area contributed by atoms with Crippen molar-refractivity contribution in [2.75, 3.05) is 18.9 Å². The molecule has 0 bridgehead atoms. The number of halogens is 7. The highest BCUT2D eigenvalue weighted by Crippen LogP contribution is 2.44. The number of hydrogen-bond donors (Lipinski definition) is 1. The minimum Gasteiger partial charge on any atom is -1.00 e. The van der Waals surface area contributed by atoms with Crippen LogP contribution in [-0.2, 0) is 24.1 Å². The lowest BCUT2D eigenvalue weighted by Crippen LogP contribution is -3.00. The molecule has 2 N–H and O–H groups in total. The number of nitrogens with two attached hydrogens (primary N) is 1. The van der Waals surface area contributed by atoms with Crippen LogP contribution in [-0.4, -0.2) is 17.8 Å². The summed E-state index contributed by atoms with van der Waals surface area (Å²) in [5, 5.41) is 0. The molecule has 3 aromatic carbocycles. The van der Waals surface area contributed by atoms with Gasteiger partial charge < -0.3 is 26.5 Å². The Morgan fingerprint density at radius 1 is 0.756 bits per heavy atom. The molecule has 0 saturated heterocycles. The fourth-order valence-electron chi connectivity index (χ4n) is 4.16. The number of para-hydroxylation sites is 2. The topological polar surface area (TPSA) is 53.3 Å². The number of ether oxygens (including phenoxy) is 2. The van der Waals surface area contributed by atoms with E-state index in [1.807, 2.05) is 0 Å². The molecule has 1 aromatic heterocycles. The molecule has 4 aromatic rings. The average Bonchev–Trinajstić information content (AvgIpc) is 3.16. The quantitative estimate of drug-likeness (QED) is 0.147. The Balaban J connectivity index is 0.00000462. The number of anilines is 1. The van der Waals surface area contributed by atoms with Gasteiger partial charge in [0.05, 0.1) is 34.1 Å². The number of thioether (sulfide) groups is 2. The Morgan fingerprint density at radius 2 is 1.27 bits per heavy atom. The summed E-state index contributed by atoms with van der Waals surface area (Å²) < 4.78 is 97.0. The lowest BCUT2D eigenvalue weighted by atomic mass is 10.2. The lowest BCUT2D eigenvalue weighted by Gasteiger charge is -2.16. The smallest absolute Gasteiger partial charge is 0.417 e. The Labute approximate surface area is 251 Å². The van der Waals surface area contributed by atoms with E-state index in [1.165, 1.54) is 24.3 Å². The van der Waals surface area contributed by atoms with Crippen molar-refractivity contribution >= 4 is 40.5 Å². The van der Waals surface area contributed by atoms with Crippen molar-refractivity contribution in [1.82, 2.24) is 4.57 Å². The van der Waals surface area contributed by atoms with Gasteiger partial charge in [0, 0.05) is 0 Å². The minimum absolute atomic E-state index is 0. The summed E-state index contributed by atoms with van der Waals surface area (Å²) >= 11 is 1.83. The molecule has 4 rings (SSSR count).